The van der Waals surface area contributed by atoms with Crippen LogP contribution in [0.15, 0.2) is 47.5 Å². The molecule has 2 saturated heterocycles. The summed E-state index contributed by atoms with van der Waals surface area (Å²) in [4.78, 5) is 37.9. The summed E-state index contributed by atoms with van der Waals surface area (Å²) in [5.41, 5.74) is 1.99. The van der Waals surface area contributed by atoms with E-state index in [0.29, 0.717) is 29.0 Å². The van der Waals surface area contributed by atoms with Gasteiger partial charge in [0.2, 0.25) is 0 Å². The predicted octanol–water partition coefficient (Wildman–Crippen LogP) is 3.04. The molecule has 11 heteroatoms. The molecule has 2 fully saturated rings. The van der Waals surface area contributed by atoms with Crippen molar-refractivity contribution in [2.75, 3.05) is 58.8 Å². The zero-order valence-electron chi connectivity index (χ0n) is 21.0. The van der Waals surface area contributed by atoms with Crippen LogP contribution in [0.25, 0.3) is 0 Å². The van der Waals surface area contributed by atoms with E-state index in [9.17, 15) is 9.59 Å². The van der Waals surface area contributed by atoms with Gasteiger partial charge >= 0.3 is 11.9 Å². The molecule has 0 saturated carbocycles. The number of halogens is 2. The Morgan fingerprint density at radius 2 is 1.70 bits per heavy atom. The van der Waals surface area contributed by atoms with Crippen molar-refractivity contribution in [1.82, 2.24) is 14.7 Å². The summed E-state index contributed by atoms with van der Waals surface area (Å²) in [5, 5.41) is 1.07. The lowest BCUT2D eigenvalue weighted by Gasteiger charge is -2.35. The molecule has 0 aliphatic carbocycles. The van der Waals surface area contributed by atoms with Crippen LogP contribution >= 0.6 is 23.2 Å². The number of imide groups is 1. The third-order valence-electron chi connectivity index (χ3n) is 7.14. The van der Waals surface area contributed by atoms with Crippen molar-refractivity contribution in [3.63, 3.8) is 0 Å². The highest BCUT2D eigenvalue weighted by Gasteiger charge is 2.53. The first kappa shape index (κ1) is 25.5. The Hall–Kier alpha value is -3.14. The van der Waals surface area contributed by atoms with Crippen molar-refractivity contribution >= 4 is 52.5 Å². The van der Waals surface area contributed by atoms with Crippen molar-refractivity contribution in [1.29, 1.82) is 0 Å². The molecule has 3 aliphatic heterocycles. The first-order valence-corrected chi connectivity index (χ1v) is 12.8. The largest absolute Gasteiger partial charge is 0.497 e. The van der Waals surface area contributed by atoms with Crippen molar-refractivity contribution < 1.29 is 18.9 Å². The SMILES string of the molecule is COc1ccc(N2CCN(CC3=[N+](Cc4ccc(Cl)cc4Cl)C4C(=O)N(C)C(=O)N(C)C4=N3)CC2)cc1. The molecule has 37 heavy (non-hydrogen) atoms. The molecule has 3 heterocycles. The minimum Gasteiger partial charge on any atom is -0.497 e. The van der Waals surface area contributed by atoms with Gasteiger partial charge in [0.1, 0.15) is 18.8 Å². The van der Waals surface area contributed by atoms with Gasteiger partial charge in [0.25, 0.3) is 17.8 Å². The Bertz CT molecular complexity index is 1290. The number of anilines is 1. The van der Waals surface area contributed by atoms with Gasteiger partial charge in [-0.3, -0.25) is 19.5 Å². The van der Waals surface area contributed by atoms with Crippen LogP contribution in [-0.2, 0) is 11.3 Å². The fraction of sp³-hybridized carbons (Fsp3) is 0.385. The monoisotopic (exact) mass is 543 g/mol. The number of urea groups is 1. The van der Waals surface area contributed by atoms with Crippen LogP contribution in [0.2, 0.25) is 10.0 Å². The molecule has 3 amide bonds. The van der Waals surface area contributed by atoms with Crippen molar-refractivity contribution in [2.24, 2.45) is 4.99 Å². The second-order valence-corrected chi connectivity index (χ2v) is 10.2. The minimum absolute atomic E-state index is 0.300. The summed E-state index contributed by atoms with van der Waals surface area (Å²) in [6, 6.07) is 12.3. The number of carbonyl (C=O) groups excluding carboxylic acids is 2. The number of rotatable bonds is 6. The fourth-order valence-corrected chi connectivity index (χ4v) is 5.42. The van der Waals surface area contributed by atoms with Crippen molar-refractivity contribution in [3.05, 3.63) is 58.1 Å². The highest BCUT2D eigenvalue weighted by molar-refractivity contribution is 6.35. The van der Waals surface area contributed by atoms with Crippen molar-refractivity contribution in [3.8, 4) is 5.75 Å². The molecule has 2 aromatic carbocycles. The van der Waals surface area contributed by atoms with E-state index in [-0.39, 0.29) is 11.9 Å². The van der Waals surface area contributed by atoms with E-state index < -0.39 is 6.04 Å². The molecule has 0 radical (unpaired) electrons. The van der Waals surface area contributed by atoms with E-state index in [1.165, 1.54) is 11.9 Å². The van der Waals surface area contributed by atoms with Crippen LogP contribution in [0.1, 0.15) is 5.56 Å². The highest BCUT2D eigenvalue weighted by Crippen LogP contribution is 2.26. The second-order valence-electron chi connectivity index (χ2n) is 9.35. The van der Waals surface area contributed by atoms with Crippen LogP contribution < -0.4 is 9.64 Å². The number of amidine groups is 2. The molecule has 0 bridgehead atoms. The zero-order chi connectivity index (χ0) is 26.3. The summed E-state index contributed by atoms with van der Waals surface area (Å²) in [6.07, 6.45) is 0. The van der Waals surface area contributed by atoms with E-state index in [4.69, 9.17) is 32.9 Å². The number of ether oxygens (including phenoxy) is 1. The van der Waals surface area contributed by atoms with Gasteiger partial charge in [-0.15, -0.1) is 0 Å². The molecular formula is C26H29Cl2N6O3+. The molecule has 1 unspecified atom stereocenters. The lowest BCUT2D eigenvalue weighted by Crippen LogP contribution is -2.61. The molecule has 0 spiro atoms. The lowest BCUT2D eigenvalue weighted by atomic mass is 10.1. The van der Waals surface area contributed by atoms with Crippen molar-refractivity contribution in [2.45, 2.75) is 12.6 Å². The van der Waals surface area contributed by atoms with Gasteiger partial charge in [0.05, 0.1) is 7.11 Å². The molecule has 194 valence electrons. The standard InChI is InChI=1S/C26H29Cl2N6O3/c1-30-24-23(25(35)31(2)26(30)36)34(15-17-4-5-18(27)14-21(17)28)22(29-24)16-32-10-12-33(13-11-32)19-6-8-20(37-3)9-7-19/h4-9,14,23H,10-13,15-16H2,1-3H3/q+1. The van der Waals surface area contributed by atoms with E-state index >= 15 is 0 Å². The second kappa shape index (κ2) is 10.3. The Balaban J connectivity index is 1.38. The first-order chi connectivity index (χ1) is 17.8. The quantitative estimate of drug-likeness (QED) is 0.523. The van der Waals surface area contributed by atoms with Gasteiger partial charge in [-0.25, -0.2) is 9.37 Å². The number of methoxy groups -OCH3 is 1. The molecule has 0 N–H and O–H groups in total. The maximum atomic E-state index is 13.2. The van der Waals surface area contributed by atoms with Crippen LogP contribution in [0, 0.1) is 0 Å². The normalized spacial score (nSPS) is 20.5. The number of amides is 3. The minimum atomic E-state index is -0.685. The van der Waals surface area contributed by atoms with Gasteiger partial charge in [0, 0.05) is 61.6 Å². The molecule has 5 rings (SSSR count). The van der Waals surface area contributed by atoms with E-state index in [0.717, 1.165) is 53.9 Å². The van der Waals surface area contributed by atoms with Crippen LogP contribution in [0.4, 0.5) is 10.5 Å². The maximum absolute atomic E-state index is 13.2. The van der Waals surface area contributed by atoms with Gasteiger partial charge in [0.15, 0.2) is 0 Å². The highest BCUT2D eigenvalue weighted by atomic mass is 35.5. The number of fused-ring (bicyclic) bond motifs is 1. The molecule has 9 nitrogen and oxygen atoms in total. The van der Waals surface area contributed by atoms with Crippen LogP contribution in [-0.4, -0.2) is 103 Å². The van der Waals surface area contributed by atoms with E-state index in [2.05, 4.69) is 21.9 Å². The maximum Gasteiger partial charge on any atom is 0.333 e. The predicted molar refractivity (Wildman–Crippen MR) is 144 cm³/mol. The number of nitrogens with zero attached hydrogens (tertiary/aromatic N) is 6. The van der Waals surface area contributed by atoms with Gasteiger partial charge in [-0.05, 0) is 41.4 Å². The number of aliphatic imine (C=N–C) groups is 1. The first-order valence-electron chi connectivity index (χ1n) is 12.1. The Morgan fingerprint density at radius 1 is 1.00 bits per heavy atom. The smallest absolute Gasteiger partial charge is 0.333 e. The van der Waals surface area contributed by atoms with E-state index in [1.807, 2.05) is 22.8 Å². The fourth-order valence-electron chi connectivity index (χ4n) is 4.95. The third-order valence-corrected chi connectivity index (χ3v) is 7.73. The third kappa shape index (κ3) is 4.91. The Morgan fingerprint density at radius 3 is 2.35 bits per heavy atom. The van der Waals surface area contributed by atoms with Gasteiger partial charge in [-0.2, -0.15) is 0 Å². The summed E-state index contributed by atoms with van der Waals surface area (Å²) in [6.45, 7) is 4.33. The summed E-state index contributed by atoms with van der Waals surface area (Å²) in [5.74, 6) is 1.73. The number of hydrogen-bond donors (Lipinski definition) is 0. The average molecular weight is 544 g/mol. The molecule has 3 aliphatic rings. The van der Waals surface area contributed by atoms with Crippen LogP contribution in [0.5, 0.6) is 5.75 Å². The molecule has 1 atom stereocenters. The van der Waals surface area contributed by atoms with Gasteiger partial charge in [-0.1, -0.05) is 29.3 Å². The topological polar surface area (TPSA) is 71.7 Å². The average Bonchev–Trinajstić information content (AvgIpc) is 3.26. The number of carbonyl (C=O) groups is 2. The number of benzene rings is 2. The number of likely N-dealkylation sites (N-methyl/N-ethyl adjacent to an activating group) is 2. The molecule has 0 aromatic heterocycles. The van der Waals surface area contributed by atoms with E-state index in [1.54, 1.807) is 26.3 Å². The number of hydrogen-bond acceptors (Lipinski definition) is 6. The summed E-state index contributed by atoms with van der Waals surface area (Å²) >= 11 is 12.6. The zero-order valence-corrected chi connectivity index (χ0v) is 22.5. The Kier molecular flexibility index (Phi) is 7.11. The summed E-state index contributed by atoms with van der Waals surface area (Å²) in [7, 11) is 4.82. The van der Waals surface area contributed by atoms with Crippen LogP contribution in [0.3, 0.4) is 0 Å². The number of piperazine rings is 1. The lowest BCUT2D eigenvalue weighted by molar-refractivity contribution is -0.552. The van der Waals surface area contributed by atoms with Gasteiger partial charge < -0.3 is 9.64 Å². The molecular weight excluding hydrogens is 515 g/mol. The summed E-state index contributed by atoms with van der Waals surface area (Å²) < 4.78 is 7.23. The Labute approximate surface area is 226 Å². The molecule has 2 aromatic rings.